The van der Waals surface area contributed by atoms with Crippen molar-refractivity contribution in [3.63, 3.8) is 0 Å². The predicted octanol–water partition coefficient (Wildman–Crippen LogP) is 3.15. The van der Waals surface area contributed by atoms with Gasteiger partial charge in [0.2, 0.25) is 7.37 Å². The van der Waals surface area contributed by atoms with Gasteiger partial charge in [-0.1, -0.05) is 44.2 Å². The highest BCUT2D eigenvalue weighted by atomic mass is 31.2. The molecule has 0 spiro atoms. The molecule has 1 rings (SSSR count). The van der Waals surface area contributed by atoms with E-state index in [4.69, 9.17) is 5.73 Å². The van der Waals surface area contributed by atoms with E-state index >= 15 is 0 Å². The normalized spacial score (nSPS) is 18.4. The smallest absolute Gasteiger partial charge is 0.210 e. The molecule has 0 saturated heterocycles. The van der Waals surface area contributed by atoms with Gasteiger partial charge in [0.1, 0.15) is 0 Å². The minimum absolute atomic E-state index is 0.181. The van der Waals surface area contributed by atoms with Gasteiger partial charge >= 0.3 is 0 Å². The van der Waals surface area contributed by atoms with Crippen LogP contribution in [0.2, 0.25) is 0 Å². The monoisotopic (exact) mass is 255 g/mol. The minimum Gasteiger partial charge on any atom is -0.344 e. The zero-order valence-electron chi connectivity index (χ0n) is 10.5. The Balaban J connectivity index is 3.05. The Morgan fingerprint density at radius 2 is 1.94 bits per heavy atom. The van der Waals surface area contributed by atoms with Gasteiger partial charge in [-0.15, -0.1) is 0 Å². The third-order valence-electron chi connectivity index (χ3n) is 3.29. The Labute approximate surface area is 103 Å². The van der Waals surface area contributed by atoms with Crippen molar-refractivity contribution in [3.8, 4) is 0 Å². The molecular weight excluding hydrogens is 233 g/mol. The van der Waals surface area contributed by atoms with Crippen LogP contribution >= 0.6 is 7.37 Å². The quantitative estimate of drug-likeness (QED) is 0.767. The molecule has 0 amide bonds. The van der Waals surface area contributed by atoms with Crippen molar-refractivity contribution in [2.24, 2.45) is 5.73 Å². The van der Waals surface area contributed by atoms with Gasteiger partial charge in [-0.3, -0.25) is 4.57 Å². The summed E-state index contributed by atoms with van der Waals surface area (Å²) in [6, 6.07) is 9.52. The molecule has 4 heteroatoms. The molecule has 0 aliphatic rings. The van der Waals surface area contributed by atoms with Gasteiger partial charge in [0.15, 0.2) is 0 Å². The molecule has 0 bridgehead atoms. The standard InChI is InChI=1S/C13H22NO2P/c1-3-11(2)17(15,16)13(9-10-14)12-7-5-4-6-8-12/h4-8,11,13H,3,9-10,14H2,1-2H3,(H,15,16). The lowest BCUT2D eigenvalue weighted by atomic mass is 10.1. The van der Waals surface area contributed by atoms with Crippen LogP contribution in [0.1, 0.15) is 37.9 Å². The summed E-state index contributed by atoms with van der Waals surface area (Å²) < 4.78 is 12.5. The molecule has 96 valence electrons. The third kappa shape index (κ3) is 3.41. The third-order valence-corrected chi connectivity index (χ3v) is 6.37. The summed E-state index contributed by atoms with van der Waals surface area (Å²) in [5, 5.41) is 0. The highest BCUT2D eigenvalue weighted by molar-refractivity contribution is 7.59. The van der Waals surface area contributed by atoms with Crippen molar-refractivity contribution in [2.45, 2.75) is 38.0 Å². The second kappa shape index (κ2) is 6.34. The summed E-state index contributed by atoms with van der Waals surface area (Å²) >= 11 is 0. The maximum atomic E-state index is 12.5. The molecule has 3 unspecified atom stereocenters. The summed E-state index contributed by atoms with van der Waals surface area (Å²) in [7, 11) is -3.21. The summed E-state index contributed by atoms with van der Waals surface area (Å²) in [4.78, 5) is 10.3. The number of nitrogens with two attached hydrogens (primary N) is 1. The van der Waals surface area contributed by atoms with Crippen molar-refractivity contribution in [3.05, 3.63) is 35.9 Å². The molecule has 0 fully saturated rings. The fourth-order valence-corrected chi connectivity index (χ4v) is 4.22. The van der Waals surface area contributed by atoms with Crippen molar-refractivity contribution in [1.82, 2.24) is 0 Å². The van der Waals surface area contributed by atoms with E-state index in [0.717, 1.165) is 5.56 Å². The summed E-state index contributed by atoms with van der Waals surface area (Å²) in [5.74, 6) is 0. The molecule has 0 aliphatic carbocycles. The second-order valence-corrected chi connectivity index (χ2v) is 7.28. The van der Waals surface area contributed by atoms with E-state index in [9.17, 15) is 9.46 Å². The molecule has 3 atom stereocenters. The van der Waals surface area contributed by atoms with E-state index < -0.39 is 7.37 Å². The summed E-state index contributed by atoms with van der Waals surface area (Å²) in [5.41, 5.74) is 5.98. The van der Waals surface area contributed by atoms with Crippen LogP contribution in [0.3, 0.4) is 0 Å². The van der Waals surface area contributed by atoms with Crippen molar-refractivity contribution in [2.75, 3.05) is 6.54 Å². The second-order valence-electron chi connectivity index (χ2n) is 4.43. The highest BCUT2D eigenvalue weighted by Crippen LogP contribution is 2.61. The van der Waals surface area contributed by atoms with Gasteiger partial charge in [-0.05, 0) is 24.9 Å². The SMILES string of the molecule is CCC(C)P(=O)(O)C(CCN)c1ccccc1. The fraction of sp³-hybridized carbons (Fsp3) is 0.538. The van der Waals surface area contributed by atoms with Crippen molar-refractivity contribution < 1.29 is 9.46 Å². The van der Waals surface area contributed by atoms with Crippen molar-refractivity contribution in [1.29, 1.82) is 0 Å². The lowest BCUT2D eigenvalue weighted by Crippen LogP contribution is -2.14. The van der Waals surface area contributed by atoms with E-state index in [1.54, 1.807) is 0 Å². The average molecular weight is 255 g/mol. The van der Waals surface area contributed by atoms with E-state index in [1.807, 2.05) is 44.2 Å². The highest BCUT2D eigenvalue weighted by Gasteiger charge is 2.35. The zero-order valence-corrected chi connectivity index (χ0v) is 11.4. The van der Waals surface area contributed by atoms with Gasteiger partial charge in [-0.2, -0.15) is 0 Å². The van der Waals surface area contributed by atoms with E-state index in [2.05, 4.69) is 0 Å². The van der Waals surface area contributed by atoms with Crippen LogP contribution in [-0.2, 0) is 4.57 Å². The van der Waals surface area contributed by atoms with E-state index in [0.29, 0.717) is 19.4 Å². The number of hydrogen-bond donors (Lipinski definition) is 2. The van der Waals surface area contributed by atoms with Gasteiger partial charge in [0, 0.05) is 5.66 Å². The molecule has 1 aromatic rings. The minimum atomic E-state index is -3.21. The molecule has 3 N–H and O–H groups in total. The van der Waals surface area contributed by atoms with Crippen LogP contribution in [-0.4, -0.2) is 17.1 Å². The Kier molecular flexibility index (Phi) is 5.38. The summed E-state index contributed by atoms with van der Waals surface area (Å²) in [6.07, 6.45) is 1.27. The lowest BCUT2D eigenvalue weighted by Gasteiger charge is -2.27. The first kappa shape index (κ1) is 14.4. The number of hydrogen-bond acceptors (Lipinski definition) is 2. The van der Waals surface area contributed by atoms with E-state index in [1.165, 1.54) is 0 Å². The van der Waals surface area contributed by atoms with Crippen LogP contribution in [0.15, 0.2) is 30.3 Å². The Morgan fingerprint density at radius 1 is 1.35 bits per heavy atom. The van der Waals surface area contributed by atoms with Gasteiger partial charge < -0.3 is 10.6 Å². The number of rotatable bonds is 6. The molecule has 0 aliphatic heterocycles. The van der Waals surface area contributed by atoms with Crippen molar-refractivity contribution >= 4 is 7.37 Å². The molecule has 3 nitrogen and oxygen atoms in total. The van der Waals surface area contributed by atoms with Crippen LogP contribution in [0.5, 0.6) is 0 Å². The van der Waals surface area contributed by atoms with Gasteiger partial charge in [-0.25, -0.2) is 0 Å². The Bertz CT molecular complexity index is 380. The van der Waals surface area contributed by atoms with Crippen LogP contribution in [0.4, 0.5) is 0 Å². The Morgan fingerprint density at radius 3 is 2.41 bits per heavy atom. The van der Waals surface area contributed by atoms with E-state index in [-0.39, 0.29) is 11.3 Å². The average Bonchev–Trinajstić information content (AvgIpc) is 2.35. The zero-order chi connectivity index (χ0) is 12.9. The molecule has 1 aromatic carbocycles. The molecule has 0 heterocycles. The first-order valence-electron chi connectivity index (χ1n) is 6.11. The number of benzene rings is 1. The molecular formula is C13H22NO2P. The Hall–Kier alpha value is -0.630. The van der Waals surface area contributed by atoms with Gasteiger partial charge in [0.25, 0.3) is 0 Å². The van der Waals surface area contributed by atoms with Gasteiger partial charge in [0.05, 0.1) is 5.66 Å². The molecule has 0 saturated carbocycles. The van der Waals surface area contributed by atoms with Crippen LogP contribution < -0.4 is 5.73 Å². The summed E-state index contributed by atoms with van der Waals surface area (Å²) in [6.45, 7) is 4.21. The largest absolute Gasteiger partial charge is 0.344 e. The maximum absolute atomic E-state index is 12.5. The molecule has 0 aromatic heterocycles. The van der Waals surface area contributed by atoms with Crippen LogP contribution in [0, 0.1) is 0 Å². The fourth-order valence-electron chi connectivity index (χ4n) is 1.97. The lowest BCUT2D eigenvalue weighted by molar-refractivity contribution is 0.445. The first-order valence-corrected chi connectivity index (χ1v) is 7.91. The van der Waals surface area contributed by atoms with Crippen LogP contribution in [0.25, 0.3) is 0 Å². The molecule has 17 heavy (non-hydrogen) atoms. The topological polar surface area (TPSA) is 63.3 Å². The first-order chi connectivity index (χ1) is 8.04. The predicted molar refractivity (Wildman–Crippen MR) is 72.4 cm³/mol. The maximum Gasteiger partial charge on any atom is 0.210 e. The molecule has 0 radical (unpaired) electrons.